The summed E-state index contributed by atoms with van der Waals surface area (Å²) in [6, 6.07) is 3.33. The van der Waals surface area contributed by atoms with Gasteiger partial charge in [-0.15, -0.1) is 0 Å². The van der Waals surface area contributed by atoms with Crippen LogP contribution in [0.15, 0.2) is 40.5 Å². The molecule has 0 aliphatic carbocycles. The quantitative estimate of drug-likeness (QED) is 0.665. The maximum atomic E-state index is 12.0. The van der Waals surface area contributed by atoms with Crippen LogP contribution in [0.4, 0.5) is 13.2 Å². The topological polar surface area (TPSA) is 13.1 Å². The first-order valence-corrected chi connectivity index (χ1v) is 3.96. The third kappa shape index (κ3) is 3.12. The van der Waals surface area contributed by atoms with E-state index in [0.717, 1.165) is 13.0 Å². The number of halogens is 3. The van der Waals surface area contributed by atoms with Gasteiger partial charge in [-0.25, -0.2) is 0 Å². The smallest absolute Gasteiger partial charge is 0.412 e. The van der Waals surface area contributed by atoms with Crippen molar-refractivity contribution in [2.75, 3.05) is 0 Å². The SMILES string of the molecule is C/C(=C\C=C\c1ccco1)C(F)(F)F. The lowest BCUT2D eigenvalue weighted by molar-refractivity contribution is -0.0912. The van der Waals surface area contributed by atoms with Gasteiger partial charge in [-0.3, -0.25) is 0 Å². The van der Waals surface area contributed by atoms with Gasteiger partial charge in [-0.2, -0.15) is 13.2 Å². The molecule has 0 aliphatic rings. The van der Waals surface area contributed by atoms with Gasteiger partial charge in [0.05, 0.1) is 6.26 Å². The summed E-state index contributed by atoms with van der Waals surface area (Å²) in [6.07, 6.45) is 0.979. The number of hydrogen-bond acceptors (Lipinski definition) is 1. The van der Waals surface area contributed by atoms with Gasteiger partial charge in [-0.05, 0) is 25.1 Å². The summed E-state index contributed by atoms with van der Waals surface area (Å²) in [5.74, 6) is 0.524. The lowest BCUT2D eigenvalue weighted by Crippen LogP contribution is -2.08. The Balaban J connectivity index is 2.63. The van der Waals surface area contributed by atoms with Crippen molar-refractivity contribution in [2.24, 2.45) is 0 Å². The fourth-order valence-corrected chi connectivity index (χ4v) is 0.768. The summed E-state index contributed by atoms with van der Waals surface area (Å²) in [4.78, 5) is 0. The lowest BCUT2D eigenvalue weighted by atomic mass is 10.2. The van der Waals surface area contributed by atoms with Crippen molar-refractivity contribution in [3.63, 3.8) is 0 Å². The molecule has 1 aromatic heterocycles. The summed E-state index contributed by atoms with van der Waals surface area (Å²) >= 11 is 0. The van der Waals surface area contributed by atoms with Gasteiger partial charge in [0, 0.05) is 5.57 Å². The molecule has 4 heteroatoms. The predicted octanol–water partition coefficient (Wildman–Crippen LogP) is 3.80. The van der Waals surface area contributed by atoms with Crippen LogP contribution in [0.25, 0.3) is 6.08 Å². The van der Waals surface area contributed by atoms with Crippen molar-refractivity contribution in [3.05, 3.63) is 41.9 Å². The molecule has 76 valence electrons. The summed E-state index contributed by atoms with van der Waals surface area (Å²) in [5, 5.41) is 0. The van der Waals surface area contributed by atoms with E-state index in [1.54, 1.807) is 12.1 Å². The molecule has 0 saturated carbocycles. The second-order valence-electron chi connectivity index (χ2n) is 2.72. The highest BCUT2D eigenvalue weighted by atomic mass is 19.4. The van der Waals surface area contributed by atoms with Gasteiger partial charge in [0.15, 0.2) is 0 Å². The predicted molar refractivity (Wildman–Crippen MR) is 47.6 cm³/mol. The minimum absolute atomic E-state index is 0.524. The first kappa shape index (κ1) is 10.6. The molecule has 0 spiro atoms. The molecular weight excluding hydrogens is 193 g/mol. The molecule has 0 fully saturated rings. The Kier molecular flexibility index (Phi) is 3.17. The van der Waals surface area contributed by atoms with Crippen molar-refractivity contribution in [3.8, 4) is 0 Å². The van der Waals surface area contributed by atoms with E-state index in [-0.39, 0.29) is 0 Å². The number of alkyl halides is 3. The maximum absolute atomic E-state index is 12.0. The first-order valence-electron chi connectivity index (χ1n) is 3.96. The zero-order valence-corrected chi connectivity index (χ0v) is 7.51. The van der Waals surface area contributed by atoms with Crippen LogP contribution >= 0.6 is 0 Å². The molecule has 0 radical (unpaired) electrons. The highest BCUT2D eigenvalue weighted by molar-refractivity contribution is 5.45. The van der Waals surface area contributed by atoms with E-state index in [9.17, 15) is 13.2 Å². The molecule has 0 saturated heterocycles. The summed E-state index contributed by atoms with van der Waals surface area (Å²) in [6.45, 7) is 1.02. The van der Waals surface area contributed by atoms with Crippen LogP contribution in [0, 0.1) is 0 Å². The molecule has 1 nitrogen and oxygen atoms in total. The molecule has 1 aromatic rings. The van der Waals surface area contributed by atoms with Crippen molar-refractivity contribution >= 4 is 6.08 Å². The highest BCUT2D eigenvalue weighted by Gasteiger charge is 2.29. The molecule has 0 atom stereocenters. The Bertz CT molecular complexity index is 331. The molecule has 0 aliphatic heterocycles. The van der Waals surface area contributed by atoms with E-state index >= 15 is 0 Å². The van der Waals surface area contributed by atoms with E-state index in [1.165, 1.54) is 18.4 Å². The van der Waals surface area contributed by atoms with Crippen LogP contribution in [0.3, 0.4) is 0 Å². The molecule has 0 bridgehead atoms. The number of allylic oxidation sites excluding steroid dienone is 3. The Hall–Kier alpha value is -1.45. The van der Waals surface area contributed by atoms with E-state index in [1.807, 2.05) is 0 Å². The van der Waals surface area contributed by atoms with Crippen LogP contribution < -0.4 is 0 Å². The van der Waals surface area contributed by atoms with Gasteiger partial charge in [0.1, 0.15) is 5.76 Å². The maximum Gasteiger partial charge on any atom is 0.412 e. The minimum Gasteiger partial charge on any atom is -0.465 e. The number of furan rings is 1. The highest BCUT2D eigenvalue weighted by Crippen LogP contribution is 2.24. The van der Waals surface area contributed by atoms with E-state index in [2.05, 4.69) is 0 Å². The van der Waals surface area contributed by atoms with Crippen LogP contribution in [-0.2, 0) is 0 Å². The standard InChI is InChI=1S/C10H9F3O/c1-8(10(11,12)13)4-2-5-9-6-3-7-14-9/h2-7H,1H3/b5-2+,8-4+. The average Bonchev–Trinajstić information content (AvgIpc) is 2.55. The fraction of sp³-hybridized carbons (Fsp3) is 0.200. The first-order chi connectivity index (χ1) is 6.50. The normalized spacial score (nSPS) is 13.9. The molecule has 0 amide bonds. The Morgan fingerprint density at radius 1 is 1.43 bits per heavy atom. The summed E-state index contributed by atoms with van der Waals surface area (Å²) in [7, 11) is 0. The van der Waals surface area contributed by atoms with Crippen molar-refractivity contribution < 1.29 is 17.6 Å². The van der Waals surface area contributed by atoms with Crippen molar-refractivity contribution in [2.45, 2.75) is 13.1 Å². The van der Waals surface area contributed by atoms with Crippen LogP contribution in [0.1, 0.15) is 12.7 Å². The lowest BCUT2D eigenvalue weighted by Gasteiger charge is -2.03. The number of hydrogen-bond donors (Lipinski definition) is 0. The summed E-state index contributed by atoms with van der Waals surface area (Å²) in [5.41, 5.74) is -0.639. The monoisotopic (exact) mass is 202 g/mol. The third-order valence-electron chi connectivity index (χ3n) is 1.60. The largest absolute Gasteiger partial charge is 0.465 e. The fourth-order valence-electron chi connectivity index (χ4n) is 0.768. The third-order valence-corrected chi connectivity index (χ3v) is 1.60. The Labute approximate surface area is 79.5 Å². The Morgan fingerprint density at radius 2 is 2.14 bits per heavy atom. The average molecular weight is 202 g/mol. The molecular formula is C10H9F3O. The molecule has 1 rings (SSSR count). The molecule has 0 aromatic carbocycles. The molecule has 0 N–H and O–H groups in total. The van der Waals surface area contributed by atoms with Gasteiger partial charge in [-0.1, -0.05) is 12.2 Å². The van der Waals surface area contributed by atoms with Gasteiger partial charge >= 0.3 is 6.18 Å². The molecule has 14 heavy (non-hydrogen) atoms. The zero-order chi connectivity index (χ0) is 10.6. The van der Waals surface area contributed by atoms with Gasteiger partial charge < -0.3 is 4.42 Å². The minimum atomic E-state index is -4.26. The number of rotatable bonds is 2. The second-order valence-corrected chi connectivity index (χ2v) is 2.72. The molecule has 0 unspecified atom stereocenters. The van der Waals surface area contributed by atoms with Crippen LogP contribution in [0.2, 0.25) is 0 Å². The zero-order valence-electron chi connectivity index (χ0n) is 7.51. The van der Waals surface area contributed by atoms with E-state index in [4.69, 9.17) is 4.42 Å². The van der Waals surface area contributed by atoms with Crippen molar-refractivity contribution in [1.82, 2.24) is 0 Å². The summed E-state index contributed by atoms with van der Waals surface area (Å²) < 4.78 is 40.9. The second kappa shape index (κ2) is 4.17. The van der Waals surface area contributed by atoms with Crippen molar-refractivity contribution in [1.29, 1.82) is 0 Å². The van der Waals surface area contributed by atoms with Gasteiger partial charge in [0.2, 0.25) is 0 Å². The van der Waals surface area contributed by atoms with E-state index in [0.29, 0.717) is 5.76 Å². The van der Waals surface area contributed by atoms with Crippen LogP contribution in [0.5, 0.6) is 0 Å². The molecule has 1 heterocycles. The Morgan fingerprint density at radius 3 is 2.64 bits per heavy atom. The van der Waals surface area contributed by atoms with E-state index < -0.39 is 11.7 Å². The van der Waals surface area contributed by atoms with Gasteiger partial charge in [0.25, 0.3) is 0 Å². The van der Waals surface area contributed by atoms with Crippen LogP contribution in [-0.4, -0.2) is 6.18 Å².